The summed E-state index contributed by atoms with van der Waals surface area (Å²) in [6, 6.07) is 0. The Labute approximate surface area is 84.8 Å². The minimum atomic E-state index is -0.280. The summed E-state index contributed by atoms with van der Waals surface area (Å²) in [7, 11) is 0. The van der Waals surface area contributed by atoms with Gasteiger partial charge in [0.25, 0.3) is 11.8 Å². The Morgan fingerprint density at radius 3 is 1.64 bits per heavy atom. The molecule has 0 saturated heterocycles. The zero-order chi connectivity index (χ0) is 10.8. The molecule has 3 heteroatoms. The summed E-state index contributed by atoms with van der Waals surface area (Å²) in [5.74, 6) is -0.332. The molecular formula is C11H17NO2. The van der Waals surface area contributed by atoms with Gasteiger partial charge in [0.2, 0.25) is 0 Å². The minimum Gasteiger partial charge on any atom is -0.269 e. The van der Waals surface area contributed by atoms with Gasteiger partial charge in [0.05, 0.1) is 5.54 Å². The third-order valence-corrected chi connectivity index (χ3v) is 3.26. The molecule has 0 saturated carbocycles. The fraction of sp³-hybridized carbons (Fsp3) is 0.636. The van der Waals surface area contributed by atoms with Gasteiger partial charge in [-0.05, 0) is 19.3 Å². The molecule has 0 spiro atoms. The van der Waals surface area contributed by atoms with E-state index in [-0.39, 0.29) is 17.4 Å². The van der Waals surface area contributed by atoms with Crippen LogP contribution in [0.4, 0.5) is 0 Å². The maximum Gasteiger partial charge on any atom is 0.254 e. The van der Waals surface area contributed by atoms with Crippen LogP contribution in [-0.2, 0) is 9.59 Å². The van der Waals surface area contributed by atoms with E-state index in [0.717, 1.165) is 19.3 Å². The largest absolute Gasteiger partial charge is 0.269 e. The summed E-state index contributed by atoms with van der Waals surface area (Å²) in [5.41, 5.74) is -0.280. The standard InChI is InChI=1S/C11H17NO2/c1-4-11(5-2,6-3)12-9(13)7-8-10(12)14/h7-8H,4-6H2,1-3H3. The second-order valence-electron chi connectivity index (χ2n) is 3.63. The molecule has 0 aromatic carbocycles. The van der Waals surface area contributed by atoms with E-state index in [1.807, 2.05) is 20.8 Å². The van der Waals surface area contributed by atoms with Crippen LogP contribution in [0, 0.1) is 0 Å². The molecule has 2 amide bonds. The van der Waals surface area contributed by atoms with Gasteiger partial charge >= 0.3 is 0 Å². The lowest BCUT2D eigenvalue weighted by Crippen LogP contribution is -2.50. The van der Waals surface area contributed by atoms with Crippen molar-refractivity contribution in [3.05, 3.63) is 12.2 Å². The highest BCUT2D eigenvalue weighted by atomic mass is 16.2. The van der Waals surface area contributed by atoms with E-state index in [2.05, 4.69) is 0 Å². The molecule has 0 fully saturated rings. The van der Waals surface area contributed by atoms with Crippen LogP contribution in [0.25, 0.3) is 0 Å². The number of nitrogens with zero attached hydrogens (tertiary/aromatic N) is 1. The zero-order valence-electron chi connectivity index (χ0n) is 9.04. The summed E-state index contributed by atoms with van der Waals surface area (Å²) in [5, 5.41) is 0. The molecule has 78 valence electrons. The SMILES string of the molecule is CCC(CC)(CC)N1C(=O)C=CC1=O. The van der Waals surface area contributed by atoms with Gasteiger partial charge in [-0.25, -0.2) is 0 Å². The molecule has 1 aliphatic rings. The molecule has 0 aromatic rings. The maximum absolute atomic E-state index is 11.5. The van der Waals surface area contributed by atoms with Crippen molar-refractivity contribution < 1.29 is 9.59 Å². The predicted molar refractivity (Wildman–Crippen MR) is 54.6 cm³/mol. The van der Waals surface area contributed by atoms with E-state index < -0.39 is 0 Å². The Morgan fingerprint density at radius 1 is 1.00 bits per heavy atom. The van der Waals surface area contributed by atoms with Crippen molar-refractivity contribution in [3.63, 3.8) is 0 Å². The van der Waals surface area contributed by atoms with Crippen LogP contribution in [-0.4, -0.2) is 22.3 Å². The summed E-state index contributed by atoms with van der Waals surface area (Å²) >= 11 is 0. The number of imide groups is 1. The van der Waals surface area contributed by atoms with Gasteiger partial charge in [-0.2, -0.15) is 0 Å². The van der Waals surface area contributed by atoms with Gasteiger partial charge in [0.1, 0.15) is 0 Å². The Balaban J connectivity index is 3.00. The molecule has 0 radical (unpaired) electrons. The fourth-order valence-electron chi connectivity index (χ4n) is 2.09. The first-order valence-corrected chi connectivity index (χ1v) is 5.17. The molecule has 0 aromatic heterocycles. The minimum absolute atomic E-state index is 0.166. The Hall–Kier alpha value is -1.12. The van der Waals surface area contributed by atoms with Crippen molar-refractivity contribution in [3.8, 4) is 0 Å². The first kappa shape index (κ1) is 11.0. The monoisotopic (exact) mass is 195 g/mol. The average molecular weight is 195 g/mol. The molecule has 0 unspecified atom stereocenters. The second kappa shape index (κ2) is 3.95. The lowest BCUT2D eigenvalue weighted by Gasteiger charge is -2.38. The molecule has 0 atom stereocenters. The fourth-order valence-corrected chi connectivity index (χ4v) is 2.09. The predicted octanol–water partition coefficient (Wildman–Crippen LogP) is 1.88. The molecule has 14 heavy (non-hydrogen) atoms. The number of hydrogen-bond acceptors (Lipinski definition) is 2. The van der Waals surface area contributed by atoms with Crippen molar-refractivity contribution >= 4 is 11.8 Å². The quantitative estimate of drug-likeness (QED) is 0.642. The van der Waals surface area contributed by atoms with Crippen LogP contribution in [0.3, 0.4) is 0 Å². The van der Waals surface area contributed by atoms with Crippen LogP contribution >= 0.6 is 0 Å². The third-order valence-electron chi connectivity index (χ3n) is 3.26. The topological polar surface area (TPSA) is 37.4 Å². The third kappa shape index (κ3) is 1.47. The van der Waals surface area contributed by atoms with E-state index in [9.17, 15) is 9.59 Å². The van der Waals surface area contributed by atoms with Crippen molar-refractivity contribution in [2.45, 2.75) is 45.6 Å². The van der Waals surface area contributed by atoms with Crippen molar-refractivity contribution in [1.29, 1.82) is 0 Å². The van der Waals surface area contributed by atoms with E-state index in [1.54, 1.807) is 0 Å². The molecule has 1 aliphatic heterocycles. The number of carbonyl (C=O) groups excluding carboxylic acids is 2. The number of hydrogen-bond donors (Lipinski definition) is 0. The summed E-state index contributed by atoms with van der Waals surface area (Å²) in [6.07, 6.45) is 5.17. The van der Waals surface area contributed by atoms with E-state index in [4.69, 9.17) is 0 Å². The van der Waals surface area contributed by atoms with E-state index in [0.29, 0.717) is 0 Å². The van der Waals surface area contributed by atoms with Crippen LogP contribution < -0.4 is 0 Å². The first-order chi connectivity index (χ1) is 6.61. The molecule has 1 rings (SSSR count). The molecule has 0 aliphatic carbocycles. The lowest BCUT2D eigenvalue weighted by atomic mass is 9.88. The molecule has 3 nitrogen and oxygen atoms in total. The maximum atomic E-state index is 11.5. The molecular weight excluding hydrogens is 178 g/mol. The highest BCUT2D eigenvalue weighted by molar-refractivity contribution is 6.13. The molecule has 0 bridgehead atoms. The number of carbonyl (C=O) groups is 2. The highest BCUT2D eigenvalue weighted by Gasteiger charge is 2.40. The van der Waals surface area contributed by atoms with Crippen molar-refractivity contribution in [2.24, 2.45) is 0 Å². The van der Waals surface area contributed by atoms with Crippen molar-refractivity contribution in [2.75, 3.05) is 0 Å². The smallest absolute Gasteiger partial charge is 0.254 e. The Bertz CT molecular complexity index is 251. The normalized spacial score (nSPS) is 16.9. The van der Waals surface area contributed by atoms with Gasteiger partial charge in [-0.1, -0.05) is 20.8 Å². The molecule has 1 heterocycles. The van der Waals surface area contributed by atoms with Crippen LogP contribution in [0.15, 0.2) is 12.2 Å². The average Bonchev–Trinajstić information content (AvgIpc) is 2.53. The van der Waals surface area contributed by atoms with E-state index in [1.165, 1.54) is 17.1 Å². The first-order valence-electron chi connectivity index (χ1n) is 5.17. The van der Waals surface area contributed by atoms with Gasteiger partial charge in [0, 0.05) is 12.2 Å². The van der Waals surface area contributed by atoms with Crippen LogP contribution in [0.5, 0.6) is 0 Å². The lowest BCUT2D eigenvalue weighted by molar-refractivity contribution is -0.144. The Kier molecular flexibility index (Phi) is 3.09. The second-order valence-corrected chi connectivity index (χ2v) is 3.63. The number of amides is 2. The Morgan fingerprint density at radius 2 is 1.36 bits per heavy atom. The summed E-state index contributed by atoms with van der Waals surface area (Å²) in [4.78, 5) is 24.5. The number of rotatable bonds is 4. The molecule has 0 N–H and O–H groups in total. The van der Waals surface area contributed by atoms with Gasteiger partial charge in [-0.3, -0.25) is 14.5 Å². The van der Waals surface area contributed by atoms with Gasteiger partial charge in [-0.15, -0.1) is 0 Å². The van der Waals surface area contributed by atoms with Crippen LogP contribution in [0.2, 0.25) is 0 Å². The summed E-state index contributed by atoms with van der Waals surface area (Å²) in [6.45, 7) is 6.06. The van der Waals surface area contributed by atoms with Gasteiger partial charge in [0.15, 0.2) is 0 Å². The van der Waals surface area contributed by atoms with Crippen LogP contribution in [0.1, 0.15) is 40.0 Å². The highest BCUT2D eigenvalue weighted by Crippen LogP contribution is 2.30. The van der Waals surface area contributed by atoms with Gasteiger partial charge < -0.3 is 0 Å². The van der Waals surface area contributed by atoms with Crippen molar-refractivity contribution in [1.82, 2.24) is 4.90 Å². The summed E-state index contributed by atoms with van der Waals surface area (Å²) < 4.78 is 0. The van der Waals surface area contributed by atoms with E-state index >= 15 is 0 Å². The zero-order valence-corrected chi connectivity index (χ0v) is 9.04.